The number of allylic oxidation sites excluding steroid dienone is 1. The summed E-state index contributed by atoms with van der Waals surface area (Å²) in [6.45, 7) is 8.16. The van der Waals surface area contributed by atoms with Gasteiger partial charge in [0.15, 0.2) is 5.78 Å². The van der Waals surface area contributed by atoms with Crippen LogP contribution in [-0.2, 0) is 9.59 Å². The second kappa shape index (κ2) is 7.59. The Balaban J connectivity index is 2.16. The lowest BCUT2D eigenvalue weighted by Crippen LogP contribution is -2.41. The highest BCUT2D eigenvalue weighted by atomic mass is 16.3. The van der Waals surface area contributed by atoms with Gasteiger partial charge in [-0.2, -0.15) is 0 Å². The van der Waals surface area contributed by atoms with Gasteiger partial charge in [-0.05, 0) is 43.0 Å². The minimum Gasteiger partial charge on any atom is -0.465 e. The van der Waals surface area contributed by atoms with Gasteiger partial charge in [0.05, 0.1) is 6.26 Å². The van der Waals surface area contributed by atoms with E-state index >= 15 is 0 Å². The van der Waals surface area contributed by atoms with E-state index in [1.165, 1.54) is 0 Å². The summed E-state index contributed by atoms with van der Waals surface area (Å²) in [5.41, 5.74) is 0.664. The summed E-state index contributed by atoms with van der Waals surface area (Å²) in [6, 6.07) is 3.58. The van der Waals surface area contributed by atoms with Crippen LogP contribution in [0.15, 0.2) is 53.7 Å². The Kier molecular flexibility index (Phi) is 5.53. The minimum absolute atomic E-state index is 0.0919. The molecule has 1 heterocycles. The Morgan fingerprint density at radius 1 is 1.36 bits per heavy atom. The molecular weight excluding hydrogens is 278 g/mol. The van der Waals surface area contributed by atoms with Gasteiger partial charge < -0.3 is 9.32 Å². The number of rotatable bonds is 6. The molecule has 0 radical (unpaired) electrons. The Morgan fingerprint density at radius 3 is 2.68 bits per heavy atom. The number of nitrogens with zero attached hydrogens (tertiary/aromatic N) is 1. The van der Waals surface area contributed by atoms with Crippen LogP contribution < -0.4 is 0 Å². The molecule has 22 heavy (non-hydrogen) atoms. The third kappa shape index (κ3) is 3.64. The topological polar surface area (TPSA) is 50.5 Å². The van der Waals surface area contributed by atoms with Gasteiger partial charge in [0, 0.05) is 13.1 Å². The standard InChI is InChI=1S/C18H21NO3/c1-3-10-19(11-4-2)18(21)16-9-5-7-14(17(16)20)13-15-8-6-12-22-15/h3-4,6,8,12-13,16H,1-2,5,7,9-11H2/b14-13+. The fraction of sp³-hybridized carbons (Fsp3) is 0.333. The van der Waals surface area contributed by atoms with Crippen LogP contribution >= 0.6 is 0 Å². The van der Waals surface area contributed by atoms with E-state index in [0.29, 0.717) is 37.3 Å². The van der Waals surface area contributed by atoms with Crippen LogP contribution in [-0.4, -0.2) is 29.7 Å². The monoisotopic (exact) mass is 299 g/mol. The second-order valence-electron chi connectivity index (χ2n) is 5.31. The molecule has 1 unspecified atom stereocenters. The quantitative estimate of drug-likeness (QED) is 0.460. The number of ketones is 1. The zero-order valence-electron chi connectivity index (χ0n) is 12.7. The van der Waals surface area contributed by atoms with Crippen LogP contribution in [0.25, 0.3) is 6.08 Å². The lowest BCUT2D eigenvalue weighted by atomic mass is 9.83. The molecule has 1 aromatic heterocycles. The molecular formula is C18H21NO3. The molecule has 1 amide bonds. The van der Waals surface area contributed by atoms with Crippen molar-refractivity contribution in [2.75, 3.05) is 13.1 Å². The van der Waals surface area contributed by atoms with Crippen LogP contribution in [0.3, 0.4) is 0 Å². The molecule has 0 saturated heterocycles. The molecule has 4 heteroatoms. The third-order valence-corrected chi connectivity index (χ3v) is 3.74. The van der Waals surface area contributed by atoms with Crippen LogP contribution in [0, 0.1) is 5.92 Å². The maximum absolute atomic E-state index is 12.6. The molecule has 0 spiro atoms. The van der Waals surface area contributed by atoms with Gasteiger partial charge in [0.25, 0.3) is 0 Å². The molecule has 4 nitrogen and oxygen atoms in total. The molecule has 1 aliphatic carbocycles. The summed E-state index contributed by atoms with van der Waals surface area (Å²) >= 11 is 0. The largest absolute Gasteiger partial charge is 0.465 e. The molecule has 0 bridgehead atoms. The van der Waals surface area contributed by atoms with Crippen molar-refractivity contribution in [2.24, 2.45) is 5.92 Å². The van der Waals surface area contributed by atoms with E-state index in [4.69, 9.17) is 4.42 Å². The van der Waals surface area contributed by atoms with Crippen molar-refractivity contribution < 1.29 is 14.0 Å². The molecule has 1 aromatic rings. The van der Waals surface area contributed by atoms with Gasteiger partial charge >= 0.3 is 0 Å². The third-order valence-electron chi connectivity index (χ3n) is 3.74. The second-order valence-corrected chi connectivity index (χ2v) is 5.31. The minimum atomic E-state index is -0.602. The first kappa shape index (κ1) is 16.0. The summed E-state index contributed by atoms with van der Waals surface area (Å²) in [7, 11) is 0. The first-order valence-corrected chi connectivity index (χ1v) is 7.46. The summed E-state index contributed by atoms with van der Waals surface area (Å²) < 4.78 is 5.25. The first-order chi connectivity index (χ1) is 10.7. The fourth-order valence-corrected chi connectivity index (χ4v) is 2.69. The molecule has 0 aliphatic heterocycles. The fourth-order valence-electron chi connectivity index (χ4n) is 2.69. The highest BCUT2D eigenvalue weighted by Crippen LogP contribution is 2.28. The lowest BCUT2D eigenvalue weighted by molar-refractivity contribution is -0.140. The van der Waals surface area contributed by atoms with Crippen molar-refractivity contribution in [2.45, 2.75) is 19.3 Å². The van der Waals surface area contributed by atoms with Crippen molar-refractivity contribution in [1.82, 2.24) is 4.90 Å². The summed E-state index contributed by atoms with van der Waals surface area (Å²) in [6.07, 6.45) is 8.74. The van der Waals surface area contributed by atoms with E-state index in [0.717, 1.165) is 6.42 Å². The van der Waals surface area contributed by atoms with E-state index in [-0.39, 0.29) is 11.7 Å². The van der Waals surface area contributed by atoms with E-state index in [2.05, 4.69) is 13.2 Å². The van der Waals surface area contributed by atoms with Crippen LogP contribution in [0.4, 0.5) is 0 Å². The molecule has 116 valence electrons. The number of carbonyl (C=O) groups is 2. The number of Topliss-reactive ketones (excluding diaryl/α,β-unsaturated/α-hetero) is 1. The van der Waals surface area contributed by atoms with Crippen LogP contribution in [0.5, 0.6) is 0 Å². The SMILES string of the molecule is C=CCN(CC=C)C(=O)C1CCC/C(=C\c2ccco2)C1=O. The van der Waals surface area contributed by atoms with Crippen molar-refractivity contribution in [1.29, 1.82) is 0 Å². The molecule has 1 fully saturated rings. The summed E-state index contributed by atoms with van der Waals surface area (Å²) in [5, 5.41) is 0. The number of carbonyl (C=O) groups excluding carboxylic acids is 2. The Bertz CT molecular complexity index is 573. The molecule has 0 aromatic carbocycles. The van der Waals surface area contributed by atoms with E-state index in [1.54, 1.807) is 41.5 Å². The Hall–Kier alpha value is -2.36. The number of amides is 1. The highest BCUT2D eigenvalue weighted by molar-refractivity contribution is 6.12. The predicted molar refractivity (Wildman–Crippen MR) is 86.0 cm³/mol. The molecule has 1 saturated carbocycles. The Labute approximate surface area is 130 Å². The van der Waals surface area contributed by atoms with Gasteiger partial charge in [-0.1, -0.05) is 12.2 Å². The molecule has 2 rings (SSSR count). The van der Waals surface area contributed by atoms with E-state index in [1.807, 2.05) is 0 Å². The van der Waals surface area contributed by atoms with E-state index < -0.39 is 5.92 Å². The average Bonchev–Trinajstić information content (AvgIpc) is 3.01. The predicted octanol–water partition coefficient (Wildman–Crippen LogP) is 3.23. The molecule has 1 aliphatic rings. The van der Waals surface area contributed by atoms with Crippen molar-refractivity contribution in [3.63, 3.8) is 0 Å². The maximum Gasteiger partial charge on any atom is 0.234 e. The average molecular weight is 299 g/mol. The Morgan fingerprint density at radius 2 is 2.09 bits per heavy atom. The van der Waals surface area contributed by atoms with Crippen molar-refractivity contribution >= 4 is 17.8 Å². The smallest absolute Gasteiger partial charge is 0.234 e. The van der Waals surface area contributed by atoms with Crippen molar-refractivity contribution in [3.05, 3.63) is 55.0 Å². The zero-order chi connectivity index (χ0) is 15.9. The number of hydrogen-bond acceptors (Lipinski definition) is 3. The first-order valence-electron chi connectivity index (χ1n) is 7.46. The van der Waals surface area contributed by atoms with Gasteiger partial charge in [0.2, 0.25) is 5.91 Å². The van der Waals surface area contributed by atoms with Crippen LogP contribution in [0.2, 0.25) is 0 Å². The normalized spacial score (nSPS) is 19.9. The van der Waals surface area contributed by atoms with Gasteiger partial charge in [0.1, 0.15) is 11.7 Å². The molecule has 0 N–H and O–H groups in total. The van der Waals surface area contributed by atoms with Crippen molar-refractivity contribution in [3.8, 4) is 0 Å². The van der Waals surface area contributed by atoms with Crippen LogP contribution in [0.1, 0.15) is 25.0 Å². The van der Waals surface area contributed by atoms with Gasteiger partial charge in [-0.25, -0.2) is 0 Å². The summed E-state index contributed by atoms with van der Waals surface area (Å²) in [5.74, 6) is -0.194. The lowest BCUT2D eigenvalue weighted by Gasteiger charge is -2.28. The zero-order valence-corrected chi connectivity index (χ0v) is 12.7. The van der Waals surface area contributed by atoms with Gasteiger partial charge in [-0.3, -0.25) is 9.59 Å². The molecule has 1 atom stereocenters. The van der Waals surface area contributed by atoms with Gasteiger partial charge in [-0.15, -0.1) is 13.2 Å². The highest BCUT2D eigenvalue weighted by Gasteiger charge is 2.34. The number of hydrogen-bond donors (Lipinski definition) is 0. The maximum atomic E-state index is 12.6. The number of furan rings is 1. The summed E-state index contributed by atoms with van der Waals surface area (Å²) in [4.78, 5) is 26.8. The van der Waals surface area contributed by atoms with E-state index in [9.17, 15) is 9.59 Å².